The number of piperazine rings is 1. The molecule has 0 spiro atoms. The summed E-state index contributed by atoms with van der Waals surface area (Å²) in [6, 6.07) is 10.4. The second-order valence-electron chi connectivity index (χ2n) is 10.1. The Morgan fingerprint density at radius 2 is 1.90 bits per heavy atom. The van der Waals surface area contributed by atoms with Gasteiger partial charge < -0.3 is 5.32 Å². The quantitative estimate of drug-likeness (QED) is 0.204. The van der Waals surface area contributed by atoms with Crippen molar-refractivity contribution in [3.05, 3.63) is 53.6 Å². The lowest BCUT2D eigenvalue weighted by molar-refractivity contribution is 0.0823. The average molecular weight is 676 g/mol. The van der Waals surface area contributed by atoms with Crippen LogP contribution in [0.15, 0.2) is 36.7 Å². The molecular weight excluding hydrogens is 644 g/mol. The van der Waals surface area contributed by atoms with E-state index in [0.29, 0.717) is 50.1 Å². The number of hydrogen-bond acceptors (Lipinski definition) is 8. The lowest BCUT2D eigenvalue weighted by Gasteiger charge is -2.41. The van der Waals surface area contributed by atoms with Crippen LogP contribution in [0.25, 0.3) is 10.9 Å². The van der Waals surface area contributed by atoms with E-state index in [9.17, 15) is 12.8 Å². The predicted molar refractivity (Wildman–Crippen MR) is 165 cm³/mol. The Kier molecular flexibility index (Phi) is 9.46. The largest absolute Gasteiger partial charge is 0.340 e. The second-order valence-corrected chi connectivity index (χ2v) is 12.6. The summed E-state index contributed by atoms with van der Waals surface area (Å²) in [7, 11) is -3.60. The Morgan fingerprint density at radius 3 is 2.58 bits per heavy atom. The summed E-state index contributed by atoms with van der Waals surface area (Å²) in [5.74, 6) is 6.73. The van der Waals surface area contributed by atoms with Crippen molar-refractivity contribution in [1.29, 1.82) is 5.26 Å². The third-order valence-electron chi connectivity index (χ3n) is 6.73. The number of fused-ring (bicyclic) bond motifs is 1. The summed E-state index contributed by atoms with van der Waals surface area (Å²) in [6.07, 6.45) is 3.03. The molecule has 2 aromatic carbocycles. The third-order valence-corrected chi connectivity index (χ3v) is 8.14. The first-order chi connectivity index (χ1) is 19.0. The molecule has 0 amide bonds. The van der Waals surface area contributed by atoms with E-state index < -0.39 is 15.6 Å². The molecule has 0 saturated carbocycles. The van der Waals surface area contributed by atoms with E-state index in [0.717, 1.165) is 39.0 Å². The number of alkyl halides is 1. The smallest absolute Gasteiger partial charge is 0.229 e. The summed E-state index contributed by atoms with van der Waals surface area (Å²) in [5.41, 5.74) is 2.16. The van der Waals surface area contributed by atoms with Gasteiger partial charge in [-0.3, -0.25) is 14.5 Å². The fraction of sp³-hybridized carbons (Fsp3) is 0.393. The van der Waals surface area contributed by atoms with Crippen LogP contribution in [-0.2, 0) is 14.5 Å². The molecule has 0 bridgehead atoms. The fourth-order valence-corrected chi connectivity index (χ4v) is 5.67. The molecule has 0 aliphatic carbocycles. The Bertz CT molecular complexity index is 1600. The van der Waals surface area contributed by atoms with Gasteiger partial charge in [0.15, 0.2) is 0 Å². The van der Waals surface area contributed by atoms with Gasteiger partial charge in [-0.05, 0) is 49.7 Å². The fourth-order valence-electron chi connectivity index (χ4n) is 4.52. The minimum absolute atomic E-state index is 0.279. The van der Waals surface area contributed by atoms with Crippen LogP contribution in [0.4, 0.5) is 21.6 Å². The van der Waals surface area contributed by atoms with Crippen molar-refractivity contribution in [2.45, 2.75) is 30.2 Å². The molecule has 0 atom stereocenters. The first-order valence-electron chi connectivity index (χ1n) is 12.7. The summed E-state index contributed by atoms with van der Waals surface area (Å²) in [6.45, 7) is 8.24. The molecule has 1 aliphatic rings. The van der Waals surface area contributed by atoms with Gasteiger partial charge in [-0.2, -0.15) is 5.26 Å². The normalized spacial score (nSPS) is 14.8. The Hall–Kier alpha value is -3.04. The molecule has 3 aromatic rings. The first-order valence-corrected chi connectivity index (χ1v) is 16.2. The monoisotopic (exact) mass is 675 g/mol. The maximum absolute atomic E-state index is 14.0. The standard InChI is InChI=1S/C28H31FIN7O2S/c1-28(2,37-13-11-36(12-14-37)10-4-9-31)8-7-20-16-26-23(17-25(20)35-40(3,38)39)27(33-19-32-26)34-22-5-6-24(29)21(15-22)18-30/h5-6,15-17,19,35H,4,10-14,18H2,1-3H3,(H,32,33,34). The molecule has 1 saturated heterocycles. The molecule has 9 nitrogen and oxygen atoms in total. The van der Waals surface area contributed by atoms with Gasteiger partial charge in [-0.1, -0.05) is 34.4 Å². The molecule has 0 radical (unpaired) electrons. The highest BCUT2D eigenvalue weighted by atomic mass is 127. The zero-order valence-electron chi connectivity index (χ0n) is 22.6. The van der Waals surface area contributed by atoms with E-state index in [-0.39, 0.29) is 5.82 Å². The molecule has 210 valence electrons. The van der Waals surface area contributed by atoms with Crippen LogP contribution >= 0.6 is 22.6 Å². The van der Waals surface area contributed by atoms with Gasteiger partial charge in [0.1, 0.15) is 18.0 Å². The van der Waals surface area contributed by atoms with Crippen LogP contribution in [0.3, 0.4) is 0 Å². The summed E-state index contributed by atoms with van der Waals surface area (Å²) in [5, 5.41) is 12.7. The number of anilines is 3. The van der Waals surface area contributed by atoms with Crippen molar-refractivity contribution in [2.24, 2.45) is 0 Å². The van der Waals surface area contributed by atoms with E-state index in [1.54, 1.807) is 24.3 Å². The molecule has 4 rings (SSSR count). The number of rotatable bonds is 8. The minimum atomic E-state index is -3.60. The van der Waals surface area contributed by atoms with Crippen LogP contribution < -0.4 is 10.0 Å². The maximum atomic E-state index is 14.0. The van der Waals surface area contributed by atoms with Gasteiger partial charge in [0, 0.05) is 54.6 Å². The van der Waals surface area contributed by atoms with Gasteiger partial charge in [0.25, 0.3) is 0 Å². The van der Waals surface area contributed by atoms with E-state index in [2.05, 4.69) is 70.3 Å². The number of nitriles is 1. The second kappa shape index (κ2) is 12.6. The predicted octanol–water partition coefficient (Wildman–Crippen LogP) is 4.48. The molecule has 0 unspecified atom stereocenters. The van der Waals surface area contributed by atoms with Crippen molar-refractivity contribution >= 4 is 60.7 Å². The van der Waals surface area contributed by atoms with E-state index in [1.165, 1.54) is 12.4 Å². The van der Waals surface area contributed by atoms with Crippen molar-refractivity contribution in [1.82, 2.24) is 19.8 Å². The van der Waals surface area contributed by atoms with Crippen LogP contribution in [0.5, 0.6) is 0 Å². The highest BCUT2D eigenvalue weighted by Gasteiger charge is 2.28. The van der Waals surface area contributed by atoms with Gasteiger partial charge in [0.2, 0.25) is 10.0 Å². The summed E-state index contributed by atoms with van der Waals surface area (Å²) >= 11 is 2.11. The van der Waals surface area contributed by atoms with Gasteiger partial charge >= 0.3 is 0 Å². The van der Waals surface area contributed by atoms with Crippen LogP contribution in [0.2, 0.25) is 0 Å². The molecule has 1 fully saturated rings. The number of aromatic nitrogens is 2. The molecule has 1 aliphatic heterocycles. The minimum Gasteiger partial charge on any atom is -0.340 e. The number of nitrogens with zero attached hydrogens (tertiary/aromatic N) is 5. The molecule has 40 heavy (non-hydrogen) atoms. The number of benzene rings is 2. The highest BCUT2D eigenvalue weighted by molar-refractivity contribution is 14.1. The third kappa shape index (κ3) is 7.57. The number of sulfonamides is 1. The van der Waals surface area contributed by atoms with Crippen molar-refractivity contribution in [3.63, 3.8) is 0 Å². The SMILES string of the molecule is CC(C)(C#Cc1cc2ncnc(Nc3ccc(F)c(CI)c3)c2cc1NS(C)(=O)=O)N1CCN(CCC#N)CC1. The van der Waals surface area contributed by atoms with Gasteiger partial charge in [-0.15, -0.1) is 0 Å². The van der Waals surface area contributed by atoms with E-state index in [1.807, 2.05) is 13.8 Å². The van der Waals surface area contributed by atoms with E-state index >= 15 is 0 Å². The van der Waals surface area contributed by atoms with Crippen molar-refractivity contribution in [3.8, 4) is 17.9 Å². The van der Waals surface area contributed by atoms with Crippen molar-refractivity contribution < 1.29 is 12.8 Å². The molecule has 12 heteroatoms. The Balaban J connectivity index is 1.67. The first kappa shape index (κ1) is 29.9. The van der Waals surface area contributed by atoms with E-state index in [4.69, 9.17) is 5.26 Å². The number of nitrogens with one attached hydrogen (secondary N) is 2. The molecule has 2 N–H and O–H groups in total. The maximum Gasteiger partial charge on any atom is 0.229 e. The molecule has 1 aromatic heterocycles. The lowest BCUT2D eigenvalue weighted by Crippen LogP contribution is -2.54. The number of halogens is 2. The summed E-state index contributed by atoms with van der Waals surface area (Å²) in [4.78, 5) is 13.3. The molecular formula is C28H31FIN7O2S. The zero-order valence-corrected chi connectivity index (χ0v) is 25.6. The summed E-state index contributed by atoms with van der Waals surface area (Å²) < 4.78 is 41.6. The average Bonchev–Trinajstić information content (AvgIpc) is 2.91. The molecule has 2 heterocycles. The zero-order chi connectivity index (χ0) is 28.9. The lowest BCUT2D eigenvalue weighted by atomic mass is 10.0. The van der Waals surface area contributed by atoms with Gasteiger partial charge in [0.05, 0.1) is 34.6 Å². The highest BCUT2D eigenvalue weighted by Crippen LogP contribution is 2.30. The Labute approximate surface area is 248 Å². The Morgan fingerprint density at radius 1 is 1.15 bits per heavy atom. The van der Waals surface area contributed by atoms with Gasteiger partial charge in [-0.25, -0.2) is 22.8 Å². The number of hydrogen-bond donors (Lipinski definition) is 2. The van der Waals surface area contributed by atoms with Crippen LogP contribution in [0.1, 0.15) is 31.4 Å². The topological polar surface area (TPSA) is 114 Å². The van der Waals surface area contributed by atoms with Crippen LogP contribution in [-0.4, -0.2) is 72.7 Å². The van der Waals surface area contributed by atoms with Crippen molar-refractivity contribution in [2.75, 3.05) is 49.0 Å². The van der Waals surface area contributed by atoms with Crippen LogP contribution in [0, 0.1) is 29.0 Å².